The van der Waals surface area contributed by atoms with Crippen LogP contribution in [-0.2, 0) is 4.79 Å². The highest BCUT2D eigenvalue weighted by molar-refractivity contribution is 5.74. The number of nitrogens with one attached hydrogen (secondary N) is 1. The molecule has 0 aliphatic heterocycles. The molecule has 0 bridgehead atoms. The van der Waals surface area contributed by atoms with Crippen LogP contribution in [0, 0.1) is 0 Å². The van der Waals surface area contributed by atoms with Crippen molar-refractivity contribution in [3.8, 4) is 0 Å². The second kappa shape index (κ2) is 5.47. The average Bonchev–Trinajstić information content (AvgIpc) is 2.19. The Hall–Kier alpha value is -1.85. The number of carbonyl (C=O) groups excluding carboxylic acids is 1. The maximum absolute atomic E-state index is 12.0. The Morgan fingerprint density at radius 1 is 1.53 bits per heavy atom. The van der Waals surface area contributed by atoms with Gasteiger partial charge in [0.25, 0.3) is 5.56 Å². The Labute approximate surface area is 99.8 Å². The topological polar surface area (TPSA) is 90.0 Å². The number of hydrogen-bond acceptors (Lipinski definition) is 4. The van der Waals surface area contributed by atoms with Gasteiger partial charge in [-0.15, -0.1) is 0 Å². The number of amides is 1. The van der Waals surface area contributed by atoms with Crippen LogP contribution in [0.4, 0.5) is 5.82 Å². The standard InChI is InChI=1S/C11H18N4O2/c1-7(2)15-5-4-13-10(11(15)17)14-8(3)6-9(12)16/h4-5,7-8H,6H2,1-3H3,(H2,12,16)(H,13,14). The van der Waals surface area contributed by atoms with E-state index in [-0.39, 0.29) is 29.9 Å². The number of rotatable bonds is 5. The normalized spacial score (nSPS) is 12.5. The second-order valence-electron chi connectivity index (χ2n) is 4.30. The molecule has 0 spiro atoms. The van der Waals surface area contributed by atoms with E-state index >= 15 is 0 Å². The van der Waals surface area contributed by atoms with Gasteiger partial charge in [0.2, 0.25) is 5.91 Å². The van der Waals surface area contributed by atoms with E-state index in [1.54, 1.807) is 23.9 Å². The van der Waals surface area contributed by atoms with E-state index in [1.807, 2.05) is 13.8 Å². The van der Waals surface area contributed by atoms with Crippen molar-refractivity contribution in [2.45, 2.75) is 39.3 Å². The van der Waals surface area contributed by atoms with Gasteiger partial charge in [-0.2, -0.15) is 0 Å². The third-order valence-electron chi connectivity index (χ3n) is 2.31. The summed E-state index contributed by atoms with van der Waals surface area (Å²) in [6.45, 7) is 5.61. The lowest BCUT2D eigenvalue weighted by Crippen LogP contribution is -2.31. The fourth-order valence-corrected chi connectivity index (χ4v) is 1.52. The van der Waals surface area contributed by atoms with E-state index in [1.165, 1.54) is 0 Å². The molecule has 6 nitrogen and oxygen atoms in total. The smallest absolute Gasteiger partial charge is 0.293 e. The number of primary amides is 1. The zero-order chi connectivity index (χ0) is 13.0. The van der Waals surface area contributed by atoms with Crippen molar-refractivity contribution in [2.75, 3.05) is 5.32 Å². The molecule has 1 unspecified atom stereocenters. The van der Waals surface area contributed by atoms with Crippen LogP contribution < -0.4 is 16.6 Å². The van der Waals surface area contributed by atoms with E-state index in [4.69, 9.17) is 5.73 Å². The molecule has 1 rings (SSSR count). The summed E-state index contributed by atoms with van der Waals surface area (Å²) in [6, 6.07) is -0.145. The van der Waals surface area contributed by atoms with Gasteiger partial charge < -0.3 is 15.6 Å². The van der Waals surface area contributed by atoms with Crippen molar-refractivity contribution >= 4 is 11.7 Å². The van der Waals surface area contributed by atoms with Crippen molar-refractivity contribution in [3.05, 3.63) is 22.7 Å². The number of aromatic nitrogens is 2. The van der Waals surface area contributed by atoms with Gasteiger partial charge >= 0.3 is 0 Å². The monoisotopic (exact) mass is 238 g/mol. The minimum Gasteiger partial charge on any atom is -0.370 e. The van der Waals surface area contributed by atoms with Gasteiger partial charge in [-0.1, -0.05) is 0 Å². The van der Waals surface area contributed by atoms with E-state index in [0.717, 1.165) is 0 Å². The first-order valence-corrected chi connectivity index (χ1v) is 5.53. The molecular formula is C11H18N4O2. The molecule has 0 radical (unpaired) electrons. The lowest BCUT2D eigenvalue weighted by molar-refractivity contribution is -0.118. The van der Waals surface area contributed by atoms with E-state index in [2.05, 4.69) is 10.3 Å². The van der Waals surface area contributed by atoms with Crippen LogP contribution in [0.5, 0.6) is 0 Å². The van der Waals surface area contributed by atoms with Gasteiger partial charge in [0.05, 0.1) is 0 Å². The number of hydrogen-bond donors (Lipinski definition) is 2. The minimum atomic E-state index is -0.412. The fourth-order valence-electron chi connectivity index (χ4n) is 1.52. The van der Waals surface area contributed by atoms with Crippen LogP contribution in [0.3, 0.4) is 0 Å². The van der Waals surface area contributed by atoms with Crippen molar-refractivity contribution in [1.82, 2.24) is 9.55 Å². The highest BCUT2D eigenvalue weighted by atomic mass is 16.1. The molecule has 1 amide bonds. The first-order chi connectivity index (χ1) is 7.91. The quantitative estimate of drug-likeness (QED) is 0.781. The van der Waals surface area contributed by atoms with E-state index < -0.39 is 5.91 Å². The third-order valence-corrected chi connectivity index (χ3v) is 2.31. The predicted octanol–water partition coefficient (Wildman–Crippen LogP) is 0.500. The predicted molar refractivity (Wildman–Crippen MR) is 65.8 cm³/mol. The second-order valence-corrected chi connectivity index (χ2v) is 4.30. The summed E-state index contributed by atoms with van der Waals surface area (Å²) in [6.07, 6.45) is 3.36. The summed E-state index contributed by atoms with van der Waals surface area (Å²) < 4.78 is 1.58. The van der Waals surface area contributed by atoms with Crippen molar-refractivity contribution in [3.63, 3.8) is 0 Å². The van der Waals surface area contributed by atoms with Crippen LogP contribution in [0.15, 0.2) is 17.2 Å². The molecule has 6 heteroatoms. The molecule has 3 N–H and O–H groups in total. The fraction of sp³-hybridized carbons (Fsp3) is 0.545. The molecule has 0 aromatic carbocycles. The Morgan fingerprint density at radius 3 is 2.71 bits per heavy atom. The third kappa shape index (κ3) is 3.58. The highest BCUT2D eigenvalue weighted by Crippen LogP contribution is 2.03. The molecule has 0 aliphatic carbocycles. The molecule has 0 saturated heterocycles. The first kappa shape index (κ1) is 13.2. The number of nitrogens with two attached hydrogens (primary N) is 1. The largest absolute Gasteiger partial charge is 0.370 e. The molecule has 1 atom stereocenters. The maximum Gasteiger partial charge on any atom is 0.293 e. The molecule has 0 fully saturated rings. The van der Waals surface area contributed by atoms with E-state index in [9.17, 15) is 9.59 Å². The SMILES string of the molecule is CC(CC(N)=O)Nc1nccn(C(C)C)c1=O. The molecule has 94 valence electrons. The van der Waals surface area contributed by atoms with Gasteiger partial charge in [-0.05, 0) is 20.8 Å². The zero-order valence-electron chi connectivity index (χ0n) is 10.3. The molecule has 17 heavy (non-hydrogen) atoms. The Balaban J connectivity index is 2.89. The first-order valence-electron chi connectivity index (χ1n) is 5.53. The lowest BCUT2D eigenvalue weighted by atomic mass is 10.2. The van der Waals surface area contributed by atoms with Crippen LogP contribution in [0.2, 0.25) is 0 Å². The van der Waals surface area contributed by atoms with Gasteiger partial charge in [-0.25, -0.2) is 4.98 Å². The molecule has 1 aromatic heterocycles. The number of carbonyl (C=O) groups is 1. The molecule has 0 saturated carbocycles. The van der Waals surface area contributed by atoms with Crippen molar-refractivity contribution in [1.29, 1.82) is 0 Å². The van der Waals surface area contributed by atoms with Gasteiger partial charge in [0.15, 0.2) is 5.82 Å². The van der Waals surface area contributed by atoms with Crippen LogP contribution in [-0.4, -0.2) is 21.5 Å². The Morgan fingerprint density at radius 2 is 2.18 bits per heavy atom. The molecular weight excluding hydrogens is 220 g/mol. The maximum atomic E-state index is 12.0. The van der Waals surface area contributed by atoms with E-state index in [0.29, 0.717) is 0 Å². The summed E-state index contributed by atoms with van der Waals surface area (Å²) in [5.74, 6) is -0.167. The summed E-state index contributed by atoms with van der Waals surface area (Å²) in [7, 11) is 0. The molecule has 0 aliphatic rings. The van der Waals surface area contributed by atoms with Crippen molar-refractivity contribution < 1.29 is 4.79 Å². The number of nitrogens with zero attached hydrogens (tertiary/aromatic N) is 2. The highest BCUT2D eigenvalue weighted by Gasteiger charge is 2.11. The molecule has 1 heterocycles. The van der Waals surface area contributed by atoms with Crippen LogP contribution in [0.25, 0.3) is 0 Å². The van der Waals surface area contributed by atoms with Gasteiger partial charge in [-0.3, -0.25) is 9.59 Å². The molecule has 1 aromatic rings. The summed E-state index contributed by atoms with van der Waals surface area (Å²) in [4.78, 5) is 26.7. The number of anilines is 1. The van der Waals surface area contributed by atoms with Gasteiger partial charge in [0, 0.05) is 30.9 Å². The summed E-state index contributed by atoms with van der Waals surface area (Å²) in [5.41, 5.74) is 4.88. The summed E-state index contributed by atoms with van der Waals surface area (Å²) in [5, 5.41) is 2.89. The Kier molecular flexibility index (Phi) is 4.25. The summed E-state index contributed by atoms with van der Waals surface area (Å²) >= 11 is 0. The minimum absolute atomic E-state index is 0.0671. The Bertz CT molecular complexity index is 453. The van der Waals surface area contributed by atoms with Crippen LogP contribution >= 0.6 is 0 Å². The average molecular weight is 238 g/mol. The zero-order valence-corrected chi connectivity index (χ0v) is 10.3. The lowest BCUT2D eigenvalue weighted by Gasteiger charge is -2.14. The van der Waals surface area contributed by atoms with Crippen LogP contribution in [0.1, 0.15) is 33.2 Å². The van der Waals surface area contributed by atoms with Gasteiger partial charge in [0.1, 0.15) is 0 Å². The van der Waals surface area contributed by atoms with Crippen molar-refractivity contribution in [2.24, 2.45) is 5.73 Å².